The van der Waals surface area contributed by atoms with E-state index < -0.39 is 0 Å². The van der Waals surface area contributed by atoms with Gasteiger partial charge in [-0.05, 0) is 36.8 Å². The van der Waals surface area contributed by atoms with E-state index in [0.29, 0.717) is 29.4 Å². The summed E-state index contributed by atoms with van der Waals surface area (Å²) < 4.78 is 16.6. The van der Waals surface area contributed by atoms with Crippen LogP contribution in [0.1, 0.15) is 25.3 Å². The second kappa shape index (κ2) is 7.34. The maximum atomic E-state index is 11.6. The first-order valence-corrected chi connectivity index (χ1v) is 9.12. The third-order valence-electron chi connectivity index (χ3n) is 4.93. The second-order valence-electron chi connectivity index (χ2n) is 6.61. The number of ether oxygens (including phenoxy) is 2. The van der Waals surface area contributed by atoms with Gasteiger partial charge in [-0.3, -0.25) is 4.79 Å². The molecule has 3 aromatic rings. The quantitative estimate of drug-likeness (QED) is 0.729. The van der Waals surface area contributed by atoms with Crippen molar-refractivity contribution in [1.82, 2.24) is 10.4 Å². The Kier molecular flexibility index (Phi) is 4.73. The van der Waals surface area contributed by atoms with E-state index in [1.807, 2.05) is 36.4 Å². The molecule has 1 atom stereocenters. The van der Waals surface area contributed by atoms with E-state index >= 15 is 0 Å². The van der Waals surface area contributed by atoms with Gasteiger partial charge in [-0.15, -0.1) is 0 Å². The molecule has 2 heterocycles. The van der Waals surface area contributed by atoms with Crippen LogP contribution in [0.2, 0.25) is 0 Å². The molecule has 7 heteroatoms. The number of oxazole rings is 1. The Labute approximate surface area is 162 Å². The van der Waals surface area contributed by atoms with E-state index in [-0.39, 0.29) is 11.8 Å². The molecule has 0 radical (unpaired) electrons. The maximum absolute atomic E-state index is 11.6. The summed E-state index contributed by atoms with van der Waals surface area (Å²) in [5.41, 5.74) is 6.58. The van der Waals surface area contributed by atoms with Gasteiger partial charge in [0.2, 0.25) is 11.8 Å². The van der Waals surface area contributed by atoms with Crippen molar-refractivity contribution < 1.29 is 18.7 Å². The molecule has 4 rings (SSSR count). The van der Waals surface area contributed by atoms with Crippen LogP contribution < -0.4 is 14.9 Å². The van der Waals surface area contributed by atoms with Crippen LogP contribution in [-0.4, -0.2) is 30.8 Å². The molecule has 1 aromatic heterocycles. The van der Waals surface area contributed by atoms with E-state index in [2.05, 4.69) is 22.4 Å². The highest BCUT2D eigenvalue weighted by Crippen LogP contribution is 2.33. The van der Waals surface area contributed by atoms with E-state index in [0.717, 1.165) is 28.8 Å². The van der Waals surface area contributed by atoms with Crippen LogP contribution in [0.5, 0.6) is 11.5 Å². The summed E-state index contributed by atoms with van der Waals surface area (Å²) in [6.07, 6.45) is 1.29. The predicted octanol–water partition coefficient (Wildman–Crippen LogP) is 3.76. The molecular weight excluding hydrogens is 358 g/mol. The molecule has 1 N–H and O–H groups in total. The van der Waals surface area contributed by atoms with E-state index in [1.165, 1.54) is 0 Å². The summed E-state index contributed by atoms with van der Waals surface area (Å²) in [6.45, 7) is 2.06. The SMILES string of the molecule is CCC1CC(=O)NN=C1c1ccc2nc(-c3ccc(OC)c(OC)c3)oc2c1. The van der Waals surface area contributed by atoms with Crippen LogP contribution in [0.3, 0.4) is 0 Å². The second-order valence-corrected chi connectivity index (χ2v) is 6.61. The lowest BCUT2D eigenvalue weighted by Crippen LogP contribution is -2.33. The van der Waals surface area contributed by atoms with Crippen molar-refractivity contribution in [3.05, 3.63) is 42.0 Å². The molecule has 0 spiro atoms. The number of methoxy groups -OCH3 is 2. The van der Waals surface area contributed by atoms with Crippen molar-refractivity contribution in [1.29, 1.82) is 0 Å². The molecule has 0 bridgehead atoms. The van der Waals surface area contributed by atoms with Crippen molar-refractivity contribution in [3.63, 3.8) is 0 Å². The average molecular weight is 379 g/mol. The highest BCUT2D eigenvalue weighted by molar-refractivity contribution is 6.07. The van der Waals surface area contributed by atoms with Crippen LogP contribution in [0.25, 0.3) is 22.6 Å². The van der Waals surface area contributed by atoms with Crippen molar-refractivity contribution in [2.45, 2.75) is 19.8 Å². The molecule has 1 aliphatic rings. The molecule has 28 heavy (non-hydrogen) atoms. The number of hydrogen-bond acceptors (Lipinski definition) is 6. The molecule has 1 aliphatic heterocycles. The molecule has 0 aliphatic carbocycles. The fourth-order valence-corrected chi connectivity index (χ4v) is 3.39. The zero-order valence-electron chi connectivity index (χ0n) is 16.0. The van der Waals surface area contributed by atoms with Gasteiger partial charge in [0.05, 0.1) is 19.9 Å². The fourth-order valence-electron chi connectivity index (χ4n) is 3.39. The third-order valence-corrected chi connectivity index (χ3v) is 4.93. The topological polar surface area (TPSA) is 86.0 Å². The Hall–Kier alpha value is -3.35. The fraction of sp³-hybridized carbons (Fsp3) is 0.286. The van der Waals surface area contributed by atoms with Crippen LogP contribution >= 0.6 is 0 Å². The predicted molar refractivity (Wildman–Crippen MR) is 106 cm³/mol. The number of hydrazone groups is 1. The summed E-state index contributed by atoms with van der Waals surface area (Å²) >= 11 is 0. The maximum Gasteiger partial charge on any atom is 0.240 e. The van der Waals surface area contributed by atoms with Gasteiger partial charge in [-0.25, -0.2) is 10.4 Å². The molecule has 0 saturated carbocycles. The van der Waals surface area contributed by atoms with Crippen LogP contribution in [0.15, 0.2) is 45.9 Å². The molecule has 144 valence electrons. The third kappa shape index (κ3) is 3.19. The van der Waals surface area contributed by atoms with Gasteiger partial charge >= 0.3 is 0 Å². The van der Waals surface area contributed by atoms with Gasteiger partial charge in [0.15, 0.2) is 17.1 Å². The summed E-state index contributed by atoms with van der Waals surface area (Å²) in [7, 11) is 3.19. The number of amides is 1. The van der Waals surface area contributed by atoms with Crippen molar-refractivity contribution >= 4 is 22.7 Å². The summed E-state index contributed by atoms with van der Waals surface area (Å²) in [5, 5.41) is 4.27. The number of rotatable bonds is 5. The standard InChI is InChI=1S/C21H21N3O4/c1-4-12-11-19(25)23-24-20(12)13-5-7-15-17(9-13)28-21(22-15)14-6-8-16(26-2)18(10-14)27-3/h5-10,12H,4,11H2,1-3H3,(H,23,25). The Bertz CT molecular complexity index is 1070. The normalized spacial score (nSPS) is 16.6. The van der Waals surface area contributed by atoms with Gasteiger partial charge in [-0.1, -0.05) is 13.0 Å². The first-order chi connectivity index (χ1) is 13.6. The molecule has 1 unspecified atom stereocenters. The van der Waals surface area contributed by atoms with Crippen LogP contribution in [0, 0.1) is 5.92 Å². The lowest BCUT2D eigenvalue weighted by molar-refractivity contribution is -0.122. The largest absolute Gasteiger partial charge is 0.493 e. The minimum absolute atomic E-state index is 0.0490. The molecular formula is C21H21N3O4. The monoisotopic (exact) mass is 379 g/mol. The van der Waals surface area contributed by atoms with Crippen molar-refractivity contribution in [3.8, 4) is 23.0 Å². The summed E-state index contributed by atoms with van der Waals surface area (Å²) in [4.78, 5) is 16.2. The highest BCUT2D eigenvalue weighted by Gasteiger charge is 2.24. The van der Waals surface area contributed by atoms with Gasteiger partial charge in [-0.2, -0.15) is 5.10 Å². The van der Waals surface area contributed by atoms with E-state index in [9.17, 15) is 4.79 Å². The number of carbonyl (C=O) groups is 1. The minimum atomic E-state index is -0.0490. The van der Waals surface area contributed by atoms with Crippen molar-refractivity contribution in [2.24, 2.45) is 11.0 Å². The van der Waals surface area contributed by atoms with Crippen LogP contribution in [0.4, 0.5) is 0 Å². The minimum Gasteiger partial charge on any atom is -0.493 e. The molecule has 2 aromatic carbocycles. The Morgan fingerprint density at radius 2 is 1.89 bits per heavy atom. The van der Waals surface area contributed by atoms with E-state index in [1.54, 1.807) is 14.2 Å². The number of nitrogens with one attached hydrogen (secondary N) is 1. The Balaban J connectivity index is 1.72. The molecule has 1 amide bonds. The number of carbonyl (C=O) groups excluding carboxylic acids is 1. The smallest absolute Gasteiger partial charge is 0.240 e. The number of fused-ring (bicyclic) bond motifs is 1. The summed E-state index contributed by atoms with van der Waals surface area (Å²) in [5.74, 6) is 1.80. The van der Waals surface area contributed by atoms with E-state index in [4.69, 9.17) is 13.9 Å². The first kappa shape index (κ1) is 18.0. The van der Waals surface area contributed by atoms with Crippen LogP contribution in [-0.2, 0) is 4.79 Å². The number of aromatic nitrogens is 1. The van der Waals surface area contributed by atoms with Gasteiger partial charge in [0, 0.05) is 23.5 Å². The lowest BCUT2D eigenvalue weighted by atomic mass is 9.90. The van der Waals surface area contributed by atoms with Gasteiger partial charge < -0.3 is 13.9 Å². The zero-order chi connectivity index (χ0) is 19.7. The number of benzene rings is 2. The molecule has 7 nitrogen and oxygen atoms in total. The Morgan fingerprint density at radius 3 is 2.64 bits per heavy atom. The average Bonchev–Trinajstić information content (AvgIpc) is 3.16. The molecule has 0 fully saturated rings. The first-order valence-electron chi connectivity index (χ1n) is 9.12. The van der Waals surface area contributed by atoms with Gasteiger partial charge in [0.25, 0.3) is 0 Å². The summed E-state index contributed by atoms with van der Waals surface area (Å²) in [6, 6.07) is 11.3. The molecule has 0 saturated heterocycles. The lowest BCUT2D eigenvalue weighted by Gasteiger charge is -2.21. The number of nitrogens with zero attached hydrogens (tertiary/aromatic N) is 2. The van der Waals surface area contributed by atoms with Gasteiger partial charge in [0.1, 0.15) is 5.52 Å². The Morgan fingerprint density at radius 1 is 1.11 bits per heavy atom. The highest BCUT2D eigenvalue weighted by atomic mass is 16.5. The zero-order valence-corrected chi connectivity index (χ0v) is 16.0. The number of hydrogen-bond donors (Lipinski definition) is 1. The van der Waals surface area contributed by atoms with Crippen molar-refractivity contribution in [2.75, 3.05) is 14.2 Å².